The maximum absolute atomic E-state index is 11.1. The fraction of sp³-hybridized carbons (Fsp3) is 0.381. The number of allylic oxidation sites excluding steroid dienone is 2. The molecule has 1 aromatic heterocycles. The van der Waals surface area contributed by atoms with Gasteiger partial charge in [-0.3, -0.25) is 9.79 Å². The van der Waals surface area contributed by atoms with Crippen molar-refractivity contribution in [1.29, 1.82) is 0 Å². The van der Waals surface area contributed by atoms with Crippen LogP contribution in [-0.4, -0.2) is 23.7 Å². The van der Waals surface area contributed by atoms with E-state index in [-0.39, 0.29) is 12.5 Å². The van der Waals surface area contributed by atoms with Crippen LogP contribution in [-0.2, 0) is 4.79 Å². The fourth-order valence-electron chi connectivity index (χ4n) is 1.86. The summed E-state index contributed by atoms with van der Waals surface area (Å²) in [6, 6.07) is 8.08. The van der Waals surface area contributed by atoms with Gasteiger partial charge in [0.1, 0.15) is 0 Å². The van der Waals surface area contributed by atoms with Gasteiger partial charge in [0.15, 0.2) is 5.13 Å². The number of aliphatic imine (C=N–C) groups is 1. The number of aromatic nitrogens is 1. The van der Waals surface area contributed by atoms with Crippen LogP contribution >= 0.6 is 11.3 Å². The summed E-state index contributed by atoms with van der Waals surface area (Å²) in [6.07, 6.45) is 5.19. The highest BCUT2D eigenvalue weighted by Crippen LogP contribution is 2.25. The second kappa shape index (κ2) is 12.1. The number of nitrogens with zero attached hydrogens (tertiary/aromatic N) is 2. The monoisotopic (exact) mass is 386 g/mol. The van der Waals surface area contributed by atoms with E-state index in [1.807, 2.05) is 56.6 Å². The number of hydrogen-bond donors (Lipinski definition) is 2. The van der Waals surface area contributed by atoms with E-state index in [9.17, 15) is 4.79 Å². The van der Waals surface area contributed by atoms with Crippen LogP contribution in [0.4, 0.5) is 5.13 Å². The minimum atomic E-state index is -0.227. The maximum atomic E-state index is 11.1. The zero-order chi connectivity index (χ0) is 20.2. The van der Waals surface area contributed by atoms with E-state index in [2.05, 4.69) is 35.2 Å². The molecule has 1 atom stereocenters. The molecule has 1 aromatic carbocycles. The van der Waals surface area contributed by atoms with Gasteiger partial charge in [0, 0.05) is 22.9 Å². The summed E-state index contributed by atoms with van der Waals surface area (Å²) in [5.41, 5.74) is 9.42. The van der Waals surface area contributed by atoms with E-state index in [0.717, 1.165) is 17.0 Å². The molecular weight excluding hydrogens is 356 g/mol. The normalized spacial score (nSPS) is 12.4. The number of anilines is 1. The number of benzene rings is 1. The second-order valence-corrected chi connectivity index (χ2v) is 7.11. The van der Waals surface area contributed by atoms with Crippen molar-refractivity contribution in [1.82, 2.24) is 4.98 Å². The summed E-state index contributed by atoms with van der Waals surface area (Å²) in [4.78, 5) is 19.7. The van der Waals surface area contributed by atoms with Gasteiger partial charge in [0.05, 0.1) is 12.2 Å². The Kier molecular flexibility index (Phi) is 10.2. The van der Waals surface area contributed by atoms with Crippen LogP contribution in [0.2, 0.25) is 0 Å². The van der Waals surface area contributed by atoms with Crippen LogP contribution in [0.5, 0.6) is 0 Å². The van der Waals surface area contributed by atoms with E-state index in [1.165, 1.54) is 23.3 Å². The number of hydrogen-bond acceptors (Lipinski definition) is 5. The van der Waals surface area contributed by atoms with Gasteiger partial charge in [-0.2, -0.15) is 0 Å². The molecule has 0 saturated carbocycles. The molecule has 5 nitrogen and oxygen atoms in total. The Bertz CT molecular complexity index is 780. The molecule has 0 aliphatic carbocycles. The molecule has 0 bridgehead atoms. The first-order chi connectivity index (χ1) is 12.9. The van der Waals surface area contributed by atoms with Crippen molar-refractivity contribution in [2.24, 2.45) is 16.6 Å². The van der Waals surface area contributed by atoms with E-state index in [0.29, 0.717) is 11.0 Å². The van der Waals surface area contributed by atoms with Crippen molar-refractivity contribution in [3.05, 3.63) is 47.0 Å². The fourth-order valence-corrected chi connectivity index (χ4v) is 2.60. The van der Waals surface area contributed by atoms with Crippen molar-refractivity contribution < 1.29 is 4.79 Å². The smallest absolute Gasteiger partial charge is 0.239 e. The molecule has 1 unspecified atom stereocenters. The average Bonchev–Trinajstić information content (AvgIpc) is 3.14. The molecular formula is C21H30N4OS. The Morgan fingerprint density at radius 2 is 2.19 bits per heavy atom. The molecule has 1 amide bonds. The molecule has 2 rings (SSSR count). The van der Waals surface area contributed by atoms with Gasteiger partial charge in [-0.15, -0.1) is 11.3 Å². The SMILES string of the molecule is C/C=C(/C)N=CC(C)CC.Cc1cccc(-c2csc(NC(=O)CN)n2)c1. The van der Waals surface area contributed by atoms with Gasteiger partial charge in [0.25, 0.3) is 0 Å². The molecule has 2 aromatic rings. The third-order valence-corrected chi connectivity index (χ3v) is 4.60. The van der Waals surface area contributed by atoms with Crippen LogP contribution in [0, 0.1) is 12.8 Å². The number of amides is 1. The number of carbonyl (C=O) groups is 1. The van der Waals surface area contributed by atoms with E-state index in [4.69, 9.17) is 5.73 Å². The highest BCUT2D eigenvalue weighted by Gasteiger charge is 2.06. The molecule has 6 heteroatoms. The number of nitrogens with two attached hydrogens (primary N) is 1. The van der Waals surface area contributed by atoms with Crippen LogP contribution in [0.25, 0.3) is 11.3 Å². The molecule has 0 aliphatic rings. The largest absolute Gasteiger partial charge is 0.322 e. The highest BCUT2D eigenvalue weighted by molar-refractivity contribution is 7.14. The molecule has 0 saturated heterocycles. The lowest BCUT2D eigenvalue weighted by molar-refractivity contribution is -0.114. The number of thiazole rings is 1. The quantitative estimate of drug-likeness (QED) is 0.682. The number of carbonyl (C=O) groups excluding carboxylic acids is 1. The third-order valence-electron chi connectivity index (χ3n) is 3.84. The van der Waals surface area contributed by atoms with Crippen LogP contribution in [0.15, 0.2) is 46.4 Å². The Balaban J connectivity index is 0.000000314. The van der Waals surface area contributed by atoms with Crippen molar-refractivity contribution in [2.75, 3.05) is 11.9 Å². The van der Waals surface area contributed by atoms with Gasteiger partial charge in [-0.1, -0.05) is 43.7 Å². The first-order valence-electron chi connectivity index (χ1n) is 9.09. The minimum absolute atomic E-state index is 0.0284. The molecule has 146 valence electrons. The van der Waals surface area contributed by atoms with Crippen molar-refractivity contribution >= 4 is 28.6 Å². The average molecular weight is 387 g/mol. The molecule has 27 heavy (non-hydrogen) atoms. The predicted octanol–water partition coefficient (Wildman–Crippen LogP) is 5.04. The van der Waals surface area contributed by atoms with Gasteiger partial charge < -0.3 is 11.1 Å². The number of aryl methyl sites for hydroxylation is 1. The summed E-state index contributed by atoms with van der Waals surface area (Å²) in [5.74, 6) is 0.380. The first kappa shape index (κ1) is 22.7. The summed E-state index contributed by atoms with van der Waals surface area (Å²) in [7, 11) is 0. The Hall–Kier alpha value is -2.31. The van der Waals surface area contributed by atoms with Crippen molar-refractivity contribution in [3.8, 4) is 11.3 Å². The molecule has 1 heterocycles. The Labute approximate surface area is 166 Å². The summed E-state index contributed by atoms with van der Waals surface area (Å²) in [5, 5.41) is 5.14. The van der Waals surface area contributed by atoms with Crippen LogP contribution in [0.1, 0.15) is 39.7 Å². The molecule has 3 N–H and O–H groups in total. The lowest BCUT2D eigenvalue weighted by atomic mass is 10.1. The molecule has 0 spiro atoms. The van der Waals surface area contributed by atoms with E-state index in [1.54, 1.807) is 0 Å². The maximum Gasteiger partial charge on any atom is 0.239 e. The number of nitrogens with one attached hydrogen (secondary N) is 1. The molecule has 0 aliphatic heterocycles. The second-order valence-electron chi connectivity index (χ2n) is 6.25. The van der Waals surface area contributed by atoms with Crippen LogP contribution < -0.4 is 11.1 Å². The summed E-state index contributed by atoms with van der Waals surface area (Å²) >= 11 is 1.40. The van der Waals surface area contributed by atoms with Gasteiger partial charge in [-0.25, -0.2) is 4.98 Å². The van der Waals surface area contributed by atoms with Crippen LogP contribution in [0.3, 0.4) is 0 Å². The van der Waals surface area contributed by atoms with E-state index < -0.39 is 0 Å². The third kappa shape index (κ3) is 8.75. The standard InChI is InChI=1S/C12H13N3OS.C9H17N/c1-8-3-2-4-9(5-8)10-7-17-12(14-10)15-11(16)6-13;1-5-8(3)7-10-9(4)6-2/h2-5,7H,6,13H2,1H3,(H,14,15,16);6-8H,5H2,1-4H3/b;9-6-,10-7?. The van der Waals surface area contributed by atoms with E-state index >= 15 is 0 Å². The lowest BCUT2D eigenvalue weighted by Gasteiger charge is -1.99. The zero-order valence-electron chi connectivity index (χ0n) is 16.8. The predicted molar refractivity (Wildman–Crippen MR) is 117 cm³/mol. The zero-order valence-corrected chi connectivity index (χ0v) is 17.6. The summed E-state index contributed by atoms with van der Waals surface area (Å²) in [6.45, 7) is 10.4. The van der Waals surface area contributed by atoms with Crippen molar-refractivity contribution in [2.45, 2.75) is 41.0 Å². The minimum Gasteiger partial charge on any atom is -0.322 e. The summed E-state index contributed by atoms with van der Waals surface area (Å²) < 4.78 is 0. The highest BCUT2D eigenvalue weighted by atomic mass is 32.1. The Morgan fingerprint density at radius 3 is 2.78 bits per heavy atom. The number of rotatable bonds is 6. The van der Waals surface area contributed by atoms with Gasteiger partial charge in [0.2, 0.25) is 5.91 Å². The Morgan fingerprint density at radius 1 is 1.44 bits per heavy atom. The van der Waals surface area contributed by atoms with Crippen molar-refractivity contribution in [3.63, 3.8) is 0 Å². The lowest BCUT2D eigenvalue weighted by Crippen LogP contribution is -2.21. The van der Waals surface area contributed by atoms with Gasteiger partial charge in [-0.05, 0) is 39.2 Å². The first-order valence-corrected chi connectivity index (χ1v) is 9.97. The molecule has 0 radical (unpaired) electrons. The topological polar surface area (TPSA) is 80.4 Å². The van der Waals surface area contributed by atoms with Gasteiger partial charge >= 0.3 is 0 Å². The molecule has 0 fully saturated rings.